The van der Waals surface area contributed by atoms with Crippen molar-refractivity contribution in [1.82, 2.24) is 9.13 Å². The fourth-order valence-electron chi connectivity index (χ4n) is 10.1. The third-order valence-electron chi connectivity index (χ3n) is 12.9. The van der Waals surface area contributed by atoms with E-state index in [0.29, 0.717) is 0 Å². The molecule has 0 radical (unpaired) electrons. The molecule has 13 aromatic rings. The third kappa shape index (κ3) is 5.53. The molecule has 0 aliphatic rings. The molecule has 0 aliphatic heterocycles. The van der Waals surface area contributed by atoms with Crippen LogP contribution in [0.1, 0.15) is 0 Å². The van der Waals surface area contributed by atoms with E-state index in [1.165, 1.54) is 71.4 Å². The Balaban J connectivity index is 1.03. The van der Waals surface area contributed by atoms with Gasteiger partial charge >= 0.3 is 0 Å². The summed E-state index contributed by atoms with van der Waals surface area (Å²) in [5.74, 6) is 0. The van der Waals surface area contributed by atoms with Gasteiger partial charge in [-0.2, -0.15) is 0 Å². The van der Waals surface area contributed by atoms with Gasteiger partial charge in [-0.05, 0) is 88.0 Å². The van der Waals surface area contributed by atoms with Crippen LogP contribution in [0.2, 0.25) is 0 Å². The van der Waals surface area contributed by atoms with Crippen LogP contribution in [0.3, 0.4) is 0 Å². The van der Waals surface area contributed by atoms with E-state index in [1.807, 2.05) is 12.1 Å². The van der Waals surface area contributed by atoms with Gasteiger partial charge in [-0.25, -0.2) is 0 Å². The van der Waals surface area contributed by atoms with Crippen molar-refractivity contribution in [3.63, 3.8) is 0 Å². The highest BCUT2D eigenvalue weighted by Gasteiger charge is 2.22. The molecule has 0 atom stereocenters. The first kappa shape index (κ1) is 35.4. The standard InChI is InChI=1S/C60H38N2O/c1-3-15-40(16-4-1)45-35-34-44(38-53(45)41-31-29-39(30-32-41)42-33-36-58-54(37-42)48-21-9-12-28-57(48)63-58)62-56-27-11-8-20-47(56)50-23-14-25-52(60(50)62)51-24-13-22-49-46-19-7-10-26-55(46)61(59(49)51)43-17-5-2-6-18-43/h1-38H. The Morgan fingerprint density at radius 3 is 1.44 bits per heavy atom. The fourth-order valence-corrected chi connectivity index (χ4v) is 10.1. The molecule has 0 saturated carbocycles. The van der Waals surface area contributed by atoms with Crippen molar-refractivity contribution >= 4 is 65.6 Å². The van der Waals surface area contributed by atoms with Crippen LogP contribution >= 0.6 is 0 Å². The zero-order valence-corrected chi connectivity index (χ0v) is 34.2. The summed E-state index contributed by atoms with van der Waals surface area (Å²) in [6.07, 6.45) is 0. The average Bonchev–Trinajstić information content (AvgIpc) is 4.02. The van der Waals surface area contributed by atoms with Crippen LogP contribution in [0.5, 0.6) is 0 Å². The van der Waals surface area contributed by atoms with Crippen LogP contribution in [0, 0.1) is 0 Å². The highest BCUT2D eigenvalue weighted by Crippen LogP contribution is 2.45. The minimum absolute atomic E-state index is 0.907. The van der Waals surface area contributed by atoms with E-state index >= 15 is 0 Å². The summed E-state index contributed by atoms with van der Waals surface area (Å²) in [4.78, 5) is 0. The van der Waals surface area contributed by atoms with E-state index in [4.69, 9.17) is 4.42 Å². The average molecular weight is 803 g/mol. The molecule has 13 rings (SSSR count). The number of furan rings is 1. The minimum atomic E-state index is 0.907. The molecule has 294 valence electrons. The molecule has 0 saturated heterocycles. The molecule has 0 aliphatic carbocycles. The maximum atomic E-state index is 6.15. The summed E-state index contributed by atoms with van der Waals surface area (Å²) in [5.41, 5.74) is 18.3. The van der Waals surface area contributed by atoms with Gasteiger partial charge in [0.05, 0.1) is 22.1 Å². The molecule has 3 heterocycles. The molecule has 0 fully saturated rings. The molecule has 3 nitrogen and oxygen atoms in total. The lowest BCUT2D eigenvalue weighted by molar-refractivity contribution is 0.669. The molecular weight excluding hydrogens is 765 g/mol. The van der Waals surface area contributed by atoms with E-state index in [0.717, 1.165) is 50.0 Å². The monoisotopic (exact) mass is 802 g/mol. The number of hydrogen-bond donors (Lipinski definition) is 0. The lowest BCUT2D eigenvalue weighted by Gasteiger charge is -2.17. The first-order valence-corrected chi connectivity index (χ1v) is 21.6. The van der Waals surface area contributed by atoms with E-state index in [9.17, 15) is 0 Å². The first-order chi connectivity index (χ1) is 31.3. The topological polar surface area (TPSA) is 23.0 Å². The molecule has 10 aromatic carbocycles. The smallest absolute Gasteiger partial charge is 0.135 e. The quantitative estimate of drug-likeness (QED) is 0.164. The Kier molecular flexibility index (Phi) is 7.91. The predicted molar refractivity (Wildman–Crippen MR) is 264 cm³/mol. The van der Waals surface area contributed by atoms with E-state index < -0.39 is 0 Å². The summed E-state index contributed by atoms with van der Waals surface area (Å²) >= 11 is 0. The Bertz CT molecular complexity index is 3890. The van der Waals surface area contributed by atoms with Crippen LogP contribution in [-0.2, 0) is 0 Å². The number of rotatable bonds is 6. The van der Waals surface area contributed by atoms with E-state index in [2.05, 4.69) is 228 Å². The van der Waals surface area contributed by atoms with Crippen molar-refractivity contribution in [2.45, 2.75) is 0 Å². The first-order valence-electron chi connectivity index (χ1n) is 21.6. The molecule has 3 heteroatoms. The second-order valence-electron chi connectivity index (χ2n) is 16.4. The van der Waals surface area contributed by atoms with Gasteiger partial charge in [0.25, 0.3) is 0 Å². The summed E-state index contributed by atoms with van der Waals surface area (Å²) in [6.45, 7) is 0. The van der Waals surface area contributed by atoms with Crippen molar-refractivity contribution in [2.24, 2.45) is 0 Å². The molecule has 0 spiro atoms. The molecule has 0 amide bonds. The van der Waals surface area contributed by atoms with Gasteiger partial charge < -0.3 is 13.6 Å². The van der Waals surface area contributed by atoms with E-state index in [1.54, 1.807) is 0 Å². The highest BCUT2D eigenvalue weighted by atomic mass is 16.3. The highest BCUT2D eigenvalue weighted by molar-refractivity contribution is 6.19. The van der Waals surface area contributed by atoms with Gasteiger partial charge in [0.1, 0.15) is 11.2 Å². The molecule has 0 N–H and O–H groups in total. The van der Waals surface area contributed by atoms with Gasteiger partial charge in [0, 0.05) is 54.8 Å². The number of hydrogen-bond acceptors (Lipinski definition) is 1. The maximum absolute atomic E-state index is 6.15. The van der Waals surface area contributed by atoms with Gasteiger partial charge in [-0.3, -0.25) is 0 Å². The van der Waals surface area contributed by atoms with Gasteiger partial charge in [0.2, 0.25) is 0 Å². The SMILES string of the molecule is c1ccc(-c2ccc(-n3c4ccccc4c4cccc(-c5cccc6c7ccccc7n(-c7ccccc7)c56)c43)cc2-c2ccc(-c3ccc4oc5ccccc5c4c3)cc2)cc1. The zero-order valence-electron chi connectivity index (χ0n) is 34.2. The van der Waals surface area contributed by atoms with Crippen molar-refractivity contribution in [1.29, 1.82) is 0 Å². The third-order valence-corrected chi connectivity index (χ3v) is 12.9. The van der Waals surface area contributed by atoms with Gasteiger partial charge in [-0.15, -0.1) is 0 Å². The summed E-state index contributed by atoms with van der Waals surface area (Å²) in [6, 6.07) is 83.6. The number of para-hydroxylation sites is 6. The number of aromatic nitrogens is 2. The van der Waals surface area contributed by atoms with Crippen molar-refractivity contribution < 1.29 is 4.42 Å². The molecular formula is C60H38N2O. The van der Waals surface area contributed by atoms with Crippen LogP contribution in [-0.4, -0.2) is 9.13 Å². The largest absolute Gasteiger partial charge is 0.456 e. The Morgan fingerprint density at radius 2 is 0.762 bits per heavy atom. The normalized spacial score (nSPS) is 11.8. The van der Waals surface area contributed by atoms with Gasteiger partial charge in [-0.1, -0.05) is 176 Å². The molecule has 63 heavy (non-hydrogen) atoms. The second kappa shape index (κ2) is 14.1. The minimum Gasteiger partial charge on any atom is -0.456 e. The van der Waals surface area contributed by atoms with Crippen LogP contribution < -0.4 is 0 Å². The van der Waals surface area contributed by atoms with Crippen molar-refractivity contribution in [3.05, 3.63) is 231 Å². The maximum Gasteiger partial charge on any atom is 0.135 e. The number of benzene rings is 10. The Hall–Kier alpha value is -8.40. The van der Waals surface area contributed by atoms with E-state index in [-0.39, 0.29) is 0 Å². The molecule has 3 aromatic heterocycles. The molecule has 0 bridgehead atoms. The summed E-state index contributed by atoms with van der Waals surface area (Å²) in [7, 11) is 0. The Labute approximate surface area is 363 Å². The lowest BCUT2D eigenvalue weighted by Crippen LogP contribution is -1.99. The summed E-state index contributed by atoms with van der Waals surface area (Å²) in [5, 5.41) is 7.21. The zero-order chi connectivity index (χ0) is 41.4. The van der Waals surface area contributed by atoms with Crippen LogP contribution in [0.4, 0.5) is 0 Å². The predicted octanol–water partition coefficient (Wildman–Crippen LogP) is 16.4. The van der Waals surface area contributed by atoms with Gasteiger partial charge in [0.15, 0.2) is 0 Å². The second-order valence-corrected chi connectivity index (χ2v) is 16.4. The van der Waals surface area contributed by atoms with Crippen molar-refractivity contribution in [2.75, 3.05) is 0 Å². The van der Waals surface area contributed by atoms with Crippen LogP contribution in [0.15, 0.2) is 235 Å². The number of fused-ring (bicyclic) bond motifs is 9. The lowest BCUT2D eigenvalue weighted by atomic mass is 9.92. The van der Waals surface area contributed by atoms with Crippen molar-refractivity contribution in [3.8, 4) is 55.9 Å². The van der Waals surface area contributed by atoms with Crippen LogP contribution in [0.25, 0.3) is 121 Å². The fraction of sp³-hybridized carbons (Fsp3) is 0. The number of nitrogens with zero attached hydrogens (tertiary/aromatic N) is 2. The summed E-state index contributed by atoms with van der Waals surface area (Å²) < 4.78 is 11.1. The Morgan fingerprint density at radius 1 is 0.254 bits per heavy atom. The molecule has 0 unspecified atom stereocenters.